The summed E-state index contributed by atoms with van der Waals surface area (Å²) in [4.78, 5) is 19.1. The highest BCUT2D eigenvalue weighted by atomic mass is 16.5. The van der Waals surface area contributed by atoms with Crippen LogP contribution in [-0.4, -0.2) is 114 Å². The topological polar surface area (TPSA) is 78.8 Å². The first-order valence-corrected chi connectivity index (χ1v) is 9.54. The van der Waals surface area contributed by atoms with Crippen LogP contribution in [0, 0.1) is 0 Å². The van der Waals surface area contributed by atoms with Gasteiger partial charge in [-0.1, -0.05) is 5.21 Å². The number of amides is 1. The number of hydrogen-bond donors (Lipinski definition) is 1. The summed E-state index contributed by atoms with van der Waals surface area (Å²) in [7, 11) is 1.83. The van der Waals surface area contributed by atoms with E-state index in [0.29, 0.717) is 18.3 Å². The van der Waals surface area contributed by atoms with Crippen molar-refractivity contribution < 1.29 is 9.53 Å². The Bertz CT molecular complexity index is 567. The summed E-state index contributed by atoms with van der Waals surface area (Å²) < 4.78 is 7.16. The molecule has 0 bridgehead atoms. The lowest BCUT2D eigenvalue weighted by Crippen LogP contribution is -2.47. The largest absolute Gasteiger partial charge is 0.379 e. The third kappa shape index (κ3) is 5.23. The van der Waals surface area contributed by atoms with Gasteiger partial charge in [-0.25, -0.2) is 0 Å². The fourth-order valence-electron chi connectivity index (χ4n) is 3.49. The maximum absolute atomic E-state index is 12.6. The van der Waals surface area contributed by atoms with Gasteiger partial charge in [-0.15, -0.1) is 5.10 Å². The maximum Gasteiger partial charge on any atom is 0.275 e. The summed E-state index contributed by atoms with van der Waals surface area (Å²) in [5, 5.41) is 11.5. The molecule has 0 unspecified atom stereocenters. The zero-order valence-electron chi connectivity index (χ0n) is 15.9. The van der Waals surface area contributed by atoms with E-state index in [1.165, 1.54) is 0 Å². The molecule has 3 rings (SSSR count). The molecule has 0 spiro atoms. The second-order valence-corrected chi connectivity index (χ2v) is 7.14. The summed E-state index contributed by atoms with van der Waals surface area (Å²) >= 11 is 0. The minimum atomic E-state index is -0.0708. The molecule has 2 saturated heterocycles. The number of morpholine rings is 1. The molecule has 2 aliphatic heterocycles. The highest BCUT2D eigenvalue weighted by Crippen LogP contribution is 2.07. The molecular weight excluding hydrogens is 334 g/mol. The molecule has 0 aromatic carbocycles. The Labute approximate surface area is 155 Å². The number of nitrogens with one attached hydrogen (secondary N) is 1. The highest BCUT2D eigenvalue weighted by Gasteiger charge is 2.22. The zero-order chi connectivity index (χ0) is 18.4. The van der Waals surface area contributed by atoms with Crippen LogP contribution < -0.4 is 5.32 Å². The van der Waals surface area contributed by atoms with Gasteiger partial charge in [-0.2, -0.15) is 0 Å². The van der Waals surface area contributed by atoms with Gasteiger partial charge in [-0.3, -0.25) is 19.3 Å². The molecule has 9 nitrogen and oxygen atoms in total. The van der Waals surface area contributed by atoms with Crippen LogP contribution in [0.2, 0.25) is 0 Å². The van der Waals surface area contributed by atoms with Gasteiger partial charge in [0.05, 0.1) is 26.0 Å². The summed E-state index contributed by atoms with van der Waals surface area (Å²) in [6.45, 7) is 12.1. The number of carbonyl (C=O) groups excluding carboxylic acids is 1. The number of nitrogens with zero attached hydrogens (tertiary/aromatic N) is 6. The Hall–Kier alpha value is -1.55. The normalized spacial score (nSPS) is 20.8. The smallest absolute Gasteiger partial charge is 0.275 e. The number of rotatable bonds is 7. The van der Waals surface area contributed by atoms with Crippen LogP contribution in [-0.2, 0) is 11.3 Å². The fraction of sp³-hybridized carbons (Fsp3) is 0.824. The SMILES string of the molecule is C[C@H](CN(C)C(=O)c1cn(CCN2CCNCC2)nn1)N1CCOCC1. The minimum Gasteiger partial charge on any atom is -0.379 e. The fourth-order valence-corrected chi connectivity index (χ4v) is 3.49. The molecule has 146 valence electrons. The second-order valence-electron chi connectivity index (χ2n) is 7.14. The van der Waals surface area contributed by atoms with E-state index < -0.39 is 0 Å². The molecule has 26 heavy (non-hydrogen) atoms. The quantitative estimate of drug-likeness (QED) is 0.662. The number of piperazine rings is 1. The molecule has 1 aromatic rings. The van der Waals surface area contributed by atoms with Crippen molar-refractivity contribution in [3.05, 3.63) is 11.9 Å². The Morgan fingerprint density at radius 1 is 1.27 bits per heavy atom. The molecular formula is C17H31N7O2. The van der Waals surface area contributed by atoms with Gasteiger partial charge in [0.15, 0.2) is 5.69 Å². The Balaban J connectivity index is 1.46. The van der Waals surface area contributed by atoms with E-state index in [0.717, 1.165) is 65.6 Å². The number of likely N-dealkylation sites (N-methyl/N-ethyl adjacent to an activating group) is 1. The average Bonchev–Trinajstić information content (AvgIpc) is 3.16. The molecule has 0 saturated carbocycles. The van der Waals surface area contributed by atoms with Gasteiger partial charge in [0.2, 0.25) is 0 Å². The predicted octanol–water partition coefficient (Wildman–Crippen LogP) is -1.02. The zero-order valence-corrected chi connectivity index (χ0v) is 15.9. The lowest BCUT2D eigenvalue weighted by atomic mass is 10.2. The third-order valence-corrected chi connectivity index (χ3v) is 5.17. The van der Waals surface area contributed by atoms with E-state index in [1.54, 1.807) is 15.8 Å². The van der Waals surface area contributed by atoms with Gasteiger partial charge in [0.1, 0.15) is 0 Å². The first kappa shape index (κ1) is 19.2. The first-order chi connectivity index (χ1) is 12.6. The Kier molecular flexibility index (Phi) is 6.95. The summed E-state index contributed by atoms with van der Waals surface area (Å²) in [6.07, 6.45) is 1.76. The van der Waals surface area contributed by atoms with Gasteiger partial charge < -0.3 is 15.0 Å². The van der Waals surface area contributed by atoms with E-state index in [2.05, 4.69) is 32.4 Å². The summed E-state index contributed by atoms with van der Waals surface area (Å²) in [6, 6.07) is 0.301. The van der Waals surface area contributed by atoms with Crippen LogP contribution >= 0.6 is 0 Å². The number of aromatic nitrogens is 3. The molecule has 9 heteroatoms. The number of carbonyl (C=O) groups is 1. The van der Waals surface area contributed by atoms with Crippen LogP contribution in [0.5, 0.6) is 0 Å². The van der Waals surface area contributed by atoms with Gasteiger partial charge >= 0.3 is 0 Å². The highest BCUT2D eigenvalue weighted by molar-refractivity contribution is 5.91. The average molecular weight is 365 g/mol. The number of ether oxygens (including phenoxy) is 1. The predicted molar refractivity (Wildman–Crippen MR) is 98.1 cm³/mol. The molecule has 1 atom stereocenters. The molecule has 1 N–H and O–H groups in total. The lowest BCUT2D eigenvalue weighted by molar-refractivity contribution is 0.0142. The maximum atomic E-state index is 12.6. The van der Waals surface area contributed by atoms with E-state index in [1.807, 2.05) is 7.05 Å². The van der Waals surface area contributed by atoms with Crippen LogP contribution in [0.4, 0.5) is 0 Å². The standard InChI is InChI=1S/C17H31N7O2/c1-15(23-9-11-26-12-10-23)13-21(2)17(25)16-14-24(20-19-16)8-7-22-5-3-18-4-6-22/h14-15,18H,3-13H2,1-2H3/t15-/m1/s1. The summed E-state index contributed by atoms with van der Waals surface area (Å²) in [5.41, 5.74) is 0.419. The van der Waals surface area contributed by atoms with E-state index in [4.69, 9.17) is 4.74 Å². The van der Waals surface area contributed by atoms with Crippen molar-refractivity contribution >= 4 is 5.91 Å². The molecule has 1 amide bonds. The van der Waals surface area contributed by atoms with Crippen molar-refractivity contribution in [2.45, 2.75) is 19.5 Å². The van der Waals surface area contributed by atoms with Gasteiger partial charge in [0, 0.05) is 65.4 Å². The molecule has 1 aromatic heterocycles. The third-order valence-electron chi connectivity index (χ3n) is 5.17. The Morgan fingerprint density at radius 2 is 2.00 bits per heavy atom. The van der Waals surface area contributed by atoms with Gasteiger partial charge in [0.25, 0.3) is 5.91 Å². The Morgan fingerprint density at radius 3 is 2.73 bits per heavy atom. The van der Waals surface area contributed by atoms with E-state index >= 15 is 0 Å². The lowest BCUT2D eigenvalue weighted by Gasteiger charge is -2.34. The molecule has 0 aliphatic carbocycles. The van der Waals surface area contributed by atoms with Crippen molar-refractivity contribution in [3.63, 3.8) is 0 Å². The second kappa shape index (κ2) is 9.40. The number of hydrogen-bond acceptors (Lipinski definition) is 7. The van der Waals surface area contributed by atoms with Crippen molar-refractivity contribution in [3.8, 4) is 0 Å². The molecule has 3 heterocycles. The molecule has 0 radical (unpaired) electrons. The molecule has 2 fully saturated rings. The monoisotopic (exact) mass is 365 g/mol. The van der Waals surface area contributed by atoms with Crippen LogP contribution in [0.3, 0.4) is 0 Å². The van der Waals surface area contributed by atoms with Crippen molar-refractivity contribution in [2.24, 2.45) is 0 Å². The van der Waals surface area contributed by atoms with E-state index in [-0.39, 0.29) is 5.91 Å². The van der Waals surface area contributed by atoms with Crippen molar-refractivity contribution in [1.29, 1.82) is 0 Å². The summed E-state index contributed by atoms with van der Waals surface area (Å²) in [5.74, 6) is -0.0708. The van der Waals surface area contributed by atoms with Gasteiger partial charge in [-0.05, 0) is 6.92 Å². The van der Waals surface area contributed by atoms with Crippen LogP contribution in [0.15, 0.2) is 6.20 Å². The van der Waals surface area contributed by atoms with E-state index in [9.17, 15) is 4.79 Å². The van der Waals surface area contributed by atoms with Crippen molar-refractivity contribution in [2.75, 3.05) is 72.6 Å². The first-order valence-electron chi connectivity index (χ1n) is 9.54. The minimum absolute atomic E-state index is 0.0708. The van der Waals surface area contributed by atoms with Crippen molar-refractivity contribution in [1.82, 2.24) is 35.0 Å². The molecule has 2 aliphatic rings. The van der Waals surface area contributed by atoms with Crippen LogP contribution in [0.1, 0.15) is 17.4 Å². The van der Waals surface area contributed by atoms with Crippen LogP contribution in [0.25, 0.3) is 0 Å².